The van der Waals surface area contributed by atoms with Crippen LogP contribution in [0.1, 0.15) is 19.8 Å². The van der Waals surface area contributed by atoms with Crippen LogP contribution < -0.4 is 5.32 Å². The highest BCUT2D eigenvalue weighted by Crippen LogP contribution is 2.32. The molecule has 0 radical (unpaired) electrons. The molecule has 0 spiro atoms. The molecule has 1 heterocycles. The molecule has 18 heavy (non-hydrogen) atoms. The second-order valence-electron chi connectivity index (χ2n) is 4.63. The summed E-state index contributed by atoms with van der Waals surface area (Å²) in [7, 11) is 0. The van der Waals surface area contributed by atoms with Crippen LogP contribution in [0.15, 0.2) is 28.7 Å². The van der Waals surface area contributed by atoms with E-state index < -0.39 is 5.54 Å². The Hall–Kier alpha value is -1.05. The van der Waals surface area contributed by atoms with Crippen molar-refractivity contribution in [2.75, 3.05) is 18.5 Å². The Balaban J connectivity index is 2.20. The predicted molar refractivity (Wildman–Crippen MR) is 75.3 cm³/mol. The molecule has 1 aromatic rings. The summed E-state index contributed by atoms with van der Waals surface area (Å²) in [6.07, 6.45) is 1.72. The van der Waals surface area contributed by atoms with Gasteiger partial charge in [0, 0.05) is 22.7 Å². The number of halogens is 1. The van der Waals surface area contributed by atoms with Crippen molar-refractivity contribution in [3.05, 3.63) is 28.7 Å². The zero-order chi connectivity index (χ0) is 13.0. The molecule has 0 bridgehead atoms. The van der Waals surface area contributed by atoms with E-state index in [1.54, 1.807) is 0 Å². The third-order valence-corrected chi connectivity index (χ3v) is 4.12. The van der Waals surface area contributed by atoms with E-state index in [1.807, 2.05) is 31.2 Å². The molecule has 96 valence electrons. The smallest absolute Gasteiger partial charge is 0.130 e. The minimum Gasteiger partial charge on any atom is -0.381 e. The van der Waals surface area contributed by atoms with E-state index in [0.29, 0.717) is 6.61 Å². The first-order valence-electron chi connectivity index (χ1n) is 6.23. The maximum Gasteiger partial charge on any atom is 0.130 e. The van der Waals surface area contributed by atoms with Crippen LogP contribution in [-0.2, 0) is 4.74 Å². The molecule has 4 heteroatoms. The predicted octanol–water partition coefficient (Wildman–Crippen LogP) is 3.57. The average molecular weight is 309 g/mol. The van der Waals surface area contributed by atoms with Crippen molar-refractivity contribution < 1.29 is 4.74 Å². The van der Waals surface area contributed by atoms with Crippen LogP contribution in [0, 0.1) is 17.2 Å². The molecule has 1 aromatic carbocycles. The first-order valence-corrected chi connectivity index (χ1v) is 7.02. The highest BCUT2D eigenvalue weighted by atomic mass is 79.9. The summed E-state index contributed by atoms with van der Waals surface area (Å²) in [5.74, 6) is 0.260. The number of benzene rings is 1. The van der Waals surface area contributed by atoms with Crippen molar-refractivity contribution >= 4 is 21.6 Å². The monoisotopic (exact) mass is 308 g/mol. The van der Waals surface area contributed by atoms with E-state index in [0.717, 1.165) is 29.6 Å². The van der Waals surface area contributed by atoms with Gasteiger partial charge in [0.1, 0.15) is 5.54 Å². The van der Waals surface area contributed by atoms with Crippen LogP contribution >= 0.6 is 15.9 Å². The van der Waals surface area contributed by atoms with E-state index in [2.05, 4.69) is 27.3 Å². The quantitative estimate of drug-likeness (QED) is 0.925. The highest BCUT2D eigenvalue weighted by Gasteiger charge is 2.39. The van der Waals surface area contributed by atoms with Crippen molar-refractivity contribution in [3.63, 3.8) is 0 Å². The molecule has 2 rings (SSSR count). The van der Waals surface area contributed by atoms with Crippen LogP contribution in [-0.4, -0.2) is 18.8 Å². The molecule has 0 saturated carbocycles. The molecule has 1 saturated heterocycles. The number of nitrogens with one attached hydrogen (secondary N) is 1. The summed E-state index contributed by atoms with van der Waals surface area (Å²) in [6, 6.07) is 10.4. The van der Waals surface area contributed by atoms with Gasteiger partial charge >= 0.3 is 0 Å². The van der Waals surface area contributed by atoms with Crippen LogP contribution in [0.4, 0.5) is 5.69 Å². The number of ether oxygens (including phenoxy) is 1. The fraction of sp³-hybridized carbons (Fsp3) is 0.500. The average Bonchev–Trinajstić information content (AvgIpc) is 2.93. The number of anilines is 1. The standard InChI is InChI=1S/C14H17BrN2O/c1-2-14(10-16,11-7-8-18-9-11)17-13-5-3-12(15)4-6-13/h3-6,11,17H,2,7-9H2,1H3. The van der Waals surface area contributed by atoms with E-state index in [1.165, 1.54) is 0 Å². The van der Waals surface area contributed by atoms with Crippen molar-refractivity contribution in [1.29, 1.82) is 5.26 Å². The minimum absolute atomic E-state index is 0.260. The first-order chi connectivity index (χ1) is 8.70. The van der Waals surface area contributed by atoms with Gasteiger partial charge in [-0.3, -0.25) is 0 Å². The zero-order valence-corrected chi connectivity index (χ0v) is 12.0. The summed E-state index contributed by atoms with van der Waals surface area (Å²) in [4.78, 5) is 0. The lowest BCUT2D eigenvalue weighted by molar-refractivity contribution is 0.175. The number of nitrogens with zero attached hydrogens (tertiary/aromatic N) is 1. The normalized spacial score (nSPS) is 22.2. The molecule has 0 aliphatic carbocycles. The van der Waals surface area contributed by atoms with Crippen molar-refractivity contribution in [2.45, 2.75) is 25.3 Å². The van der Waals surface area contributed by atoms with E-state index in [4.69, 9.17) is 4.74 Å². The topological polar surface area (TPSA) is 45.0 Å². The summed E-state index contributed by atoms with van der Waals surface area (Å²) >= 11 is 3.41. The van der Waals surface area contributed by atoms with Gasteiger partial charge in [-0.05, 0) is 37.1 Å². The van der Waals surface area contributed by atoms with Gasteiger partial charge < -0.3 is 10.1 Å². The van der Waals surface area contributed by atoms with Crippen molar-refractivity contribution in [2.24, 2.45) is 5.92 Å². The SMILES string of the molecule is CCC(C#N)(Nc1ccc(Br)cc1)C1CCOC1. The Kier molecular flexibility index (Phi) is 4.26. The molecule has 1 N–H and O–H groups in total. The second kappa shape index (κ2) is 5.73. The molecular weight excluding hydrogens is 292 g/mol. The Morgan fingerprint density at radius 2 is 2.22 bits per heavy atom. The van der Waals surface area contributed by atoms with E-state index >= 15 is 0 Å². The minimum atomic E-state index is -0.523. The second-order valence-corrected chi connectivity index (χ2v) is 5.54. The Morgan fingerprint density at radius 1 is 1.50 bits per heavy atom. The third-order valence-electron chi connectivity index (χ3n) is 3.60. The maximum absolute atomic E-state index is 9.58. The van der Waals surface area contributed by atoms with Gasteiger partial charge in [-0.15, -0.1) is 0 Å². The molecule has 1 fully saturated rings. The maximum atomic E-state index is 9.58. The fourth-order valence-electron chi connectivity index (χ4n) is 2.39. The molecule has 1 aliphatic rings. The fourth-order valence-corrected chi connectivity index (χ4v) is 2.66. The van der Waals surface area contributed by atoms with Gasteiger partial charge in [0.05, 0.1) is 12.7 Å². The molecule has 0 aromatic heterocycles. The summed E-state index contributed by atoms with van der Waals surface area (Å²) in [5.41, 5.74) is 0.457. The van der Waals surface area contributed by atoms with E-state index in [9.17, 15) is 5.26 Å². The Bertz CT molecular complexity index is 434. The molecule has 2 unspecified atom stereocenters. The number of rotatable bonds is 4. The largest absolute Gasteiger partial charge is 0.381 e. The molecule has 1 aliphatic heterocycles. The van der Waals surface area contributed by atoms with Gasteiger partial charge in [-0.2, -0.15) is 5.26 Å². The molecule has 3 nitrogen and oxygen atoms in total. The summed E-state index contributed by atoms with van der Waals surface area (Å²) < 4.78 is 6.46. The van der Waals surface area contributed by atoms with Crippen molar-refractivity contribution in [3.8, 4) is 6.07 Å². The molecule has 0 amide bonds. The number of hydrogen-bond donors (Lipinski definition) is 1. The first kappa shape index (κ1) is 13.4. The lowest BCUT2D eigenvalue weighted by Gasteiger charge is -2.32. The van der Waals surface area contributed by atoms with Gasteiger partial charge in [0.15, 0.2) is 0 Å². The van der Waals surface area contributed by atoms with Gasteiger partial charge in [-0.25, -0.2) is 0 Å². The van der Waals surface area contributed by atoms with Crippen LogP contribution in [0.5, 0.6) is 0 Å². The summed E-state index contributed by atoms with van der Waals surface area (Å²) in [5, 5.41) is 13.0. The van der Waals surface area contributed by atoms with E-state index in [-0.39, 0.29) is 5.92 Å². The molecule has 2 atom stereocenters. The lowest BCUT2D eigenvalue weighted by atomic mass is 9.82. The Morgan fingerprint density at radius 3 is 2.72 bits per heavy atom. The van der Waals surface area contributed by atoms with Crippen LogP contribution in [0.2, 0.25) is 0 Å². The molecular formula is C14H17BrN2O. The van der Waals surface area contributed by atoms with Gasteiger partial charge in [0.2, 0.25) is 0 Å². The highest BCUT2D eigenvalue weighted by molar-refractivity contribution is 9.10. The zero-order valence-electron chi connectivity index (χ0n) is 10.4. The lowest BCUT2D eigenvalue weighted by Crippen LogP contribution is -2.44. The van der Waals surface area contributed by atoms with Gasteiger partial charge in [-0.1, -0.05) is 22.9 Å². The third kappa shape index (κ3) is 2.68. The van der Waals surface area contributed by atoms with Gasteiger partial charge in [0.25, 0.3) is 0 Å². The van der Waals surface area contributed by atoms with Crippen molar-refractivity contribution in [1.82, 2.24) is 0 Å². The summed E-state index contributed by atoms with van der Waals surface area (Å²) in [6.45, 7) is 3.48. The number of nitriles is 1. The number of hydrogen-bond acceptors (Lipinski definition) is 3. The van der Waals surface area contributed by atoms with Crippen LogP contribution in [0.3, 0.4) is 0 Å². The van der Waals surface area contributed by atoms with Crippen LogP contribution in [0.25, 0.3) is 0 Å². The Labute approximate surface area is 116 Å².